The summed E-state index contributed by atoms with van der Waals surface area (Å²) in [5.41, 5.74) is 2.13. The smallest absolute Gasteiger partial charge is 0.0612 e. The van der Waals surface area contributed by atoms with Crippen molar-refractivity contribution >= 4 is 28.9 Å². The van der Waals surface area contributed by atoms with Gasteiger partial charge in [0.15, 0.2) is 0 Å². The van der Waals surface area contributed by atoms with Crippen LogP contribution in [0.15, 0.2) is 30.4 Å². The molecule has 0 aliphatic heterocycles. The minimum absolute atomic E-state index is 0.568. The van der Waals surface area contributed by atoms with E-state index in [2.05, 4.69) is 18.8 Å². The summed E-state index contributed by atoms with van der Waals surface area (Å²) in [7, 11) is 0. The molecule has 0 saturated heterocycles. The SMILES string of the molecule is C=C(CC)CNc1ccc(Cl)c(Cl)c1. The molecule has 14 heavy (non-hydrogen) atoms. The number of rotatable bonds is 4. The van der Waals surface area contributed by atoms with Gasteiger partial charge in [-0.05, 0) is 24.6 Å². The molecule has 0 bridgehead atoms. The van der Waals surface area contributed by atoms with Crippen LogP contribution < -0.4 is 5.32 Å². The second kappa shape index (κ2) is 5.28. The first-order chi connectivity index (χ1) is 6.63. The third-order valence-electron chi connectivity index (χ3n) is 1.96. The molecule has 0 aromatic heterocycles. The normalized spacial score (nSPS) is 9.93. The van der Waals surface area contributed by atoms with Crippen molar-refractivity contribution in [2.75, 3.05) is 11.9 Å². The van der Waals surface area contributed by atoms with Crippen molar-refractivity contribution in [3.05, 3.63) is 40.4 Å². The van der Waals surface area contributed by atoms with Gasteiger partial charge in [-0.25, -0.2) is 0 Å². The molecule has 0 amide bonds. The van der Waals surface area contributed by atoms with Crippen LogP contribution in [0.1, 0.15) is 13.3 Å². The predicted molar refractivity (Wildman–Crippen MR) is 64.4 cm³/mol. The lowest BCUT2D eigenvalue weighted by atomic mass is 10.2. The van der Waals surface area contributed by atoms with E-state index >= 15 is 0 Å². The van der Waals surface area contributed by atoms with E-state index in [0.717, 1.165) is 24.2 Å². The Bertz CT molecular complexity index is 334. The molecule has 76 valence electrons. The monoisotopic (exact) mass is 229 g/mol. The van der Waals surface area contributed by atoms with Crippen LogP contribution in [0.4, 0.5) is 5.69 Å². The van der Waals surface area contributed by atoms with Gasteiger partial charge in [0.1, 0.15) is 0 Å². The third kappa shape index (κ3) is 3.24. The minimum atomic E-state index is 0.568. The highest BCUT2D eigenvalue weighted by Gasteiger charge is 1.98. The molecule has 0 aliphatic carbocycles. The molecule has 0 heterocycles. The average Bonchev–Trinajstić information content (AvgIpc) is 2.19. The maximum Gasteiger partial charge on any atom is 0.0612 e. The molecule has 0 aliphatic rings. The number of benzene rings is 1. The van der Waals surface area contributed by atoms with Crippen molar-refractivity contribution < 1.29 is 0 Å². The summed E-state index contributed by atoms with van der Waals surface area (Å²) in [6.07, 6.45) is 0.980. The van der Waals surface area contributed by atoms with E-state index in [-0.39, 0.29) is 0 Å². The summed E-state index contributed by atoms with van der Waals surface area (Å²) in [5, 5.41) is 4.36. The summed E-state index contributed by atoms with van der Waals surface area (Å²) in [6.45, 7) is 6.76. The largest absolute Gasteiger partial charge is 0.381 e. The molecule has 1 aromatic rings. The van der Waals surface area contributed by atoms with Gasteiger partial charge in [-0.1, -0.05) is 42.3 Å². The van der Waals surface area contributed by atoms with Crippen molar-refractivity contribution in [2.24, 2.45) is 0 Å². The van der Waals surface area contributed by atoms with Crippen LogP contribution in [0.5, 0.6) is 0 Å². The van der Waals surface area contributed by atoms with Crippen molar-refractivity contribution in [3.8, 4) is 0 Å². The molecule has 0 atom stereocenters. The van der Waals surface area contributed by atoms with E-state index in [1.807, 2.05) is 12.1 Å². The van der Waals surface area contributed by atoms with Gasteiger partial charge in [0, 0.05) is 12.2 Å². The zero-order chi connectivity index (χ0) is 10.6. The van der Waals surface area contributed by atoms with Gasteiger partial charge >= 0.3 is 0 Å². The van der Waals surface area contributed by atoms with Gasteiger partial charge in [-0.2, -0.15) is 0 Å². The summed E-state index contributed by atoms with van der Waals surface area (Å²) < 4.78 is 0. The Labute approximate surface area is 94.7 Å². The van der Waals surface area contributed by atoms with E-state index in [1.54, 1.807) is 6.07 Å². The molecule has 0 radical (unpaired) electrons. The summed E-state index contributed by atoms with van der Waals surface area (Å²) in [6, 6.07) is 5.49. The second-order valence-corrected chi connectivity index (χ2v) is 3.90. The molecule has 1 rings (SSSR count). The number of anilines is 1. The standard InChI is InChI=1S/C11H13Cl2N/c1-3-8(2)7-14-9-4-5-10(12)11(13)6-9/h4-6,14H,2-3,7H2,1H3. The van der Waals surface area contributed by atoms with Gasteiger partial charge in [-0.15, -0.1) is 0 Å². The second-order valence-electron chi connectivity index (χ2n) is 3.09. The fourth-order valence-corrected chi connectivity index (χ4v) is 1.26. The minimum Gasteiger partial charge on any atom is -0.381 e. The van der Waals surface area contributed by atoms with Crippen LogP contribution in [-0.2, 0) is 0 Å². The quantitative estimate of drug-likeness (QED) is 0.757. The van der Waals surface area contributed by atoms with Crippen LogP contribution in [0.2, 0.25) is 10.0 Å². The molecule has 1 aromatic carbocycles. The fourth-order valence-electron chi connectivity index (χ4n) is 0.958. The Morgan fingerprint density at radius 1 is 1.36 bits per heavy atom. The highest BCUT2D eigenvalue weighted by Crippen LogP contribution is 2.24. The van der Waals surface area contributed by atoms with Crippen LogP contribution in [0, 0.1) is 0 Å². The molecule has 1 N–H and O–H groups in total. The highest BCUT2D eigenvalue weighted by molar-refractivity contribution is 6.42. The fraction of sp³-hybridized carbons (Fsp3) is 0.273. The van der Waals surface area contributed by atoms with E-state index in [9.17, 15) is 0 Å². The van der Waals surface area contributed by atoms with Crippen LogP contribution >= 0.6 is 23.2 Å². The lowest BCUT2D eigenvalue weighted by Crippen LogP contribution is -2.02. The van der Waals surface area contributed by atoms with E-state index in [0.29, 0.717) is 10.0 Å². The topological polar surface area (TPSA) is 12.0 Å². The first-order valence-corrected chi connectivity index (χ1v) is 5.24. The lowest BCUT2D eigenvalue weighted by molar-refractivity contribution is 1.05. The van der Waals surface area contributed by atoms with Crippen LogP contribution in [-0.4, -0.2) is 6.54 Å². The first kappa shape index (κ1) is 11.4. The number of hydrogen-bond donors (Lipinski definition) is 1. The maximum absolute atomic E-state index is 5.87. The molecule has 0 spiro atoms. The number of hydrogen-bond acceptors (Lipinski definition) is 1. The van der Waals surface area contributed by atoms with Crippen molar-refractivity contribution in [1.82, 2.24) is 0 Å². The number of nitrogens with one attached hydrogen (secondary N) is 1. The van der Waals surface area contributed by atoms with Gasteiger partial charge in [0.05, 0.1) is 10.0 Å². The van der Waals surface area contributed by atoms with Gasteiger partial charge in [0.2, 0.25) is 0 Å². The van der Waals surface area contributed by atoms with Crippen molar-refractivity contribution in [2.45, 2.75) is 13.3 Å². The Balaban J connectivity index is 2.60. The molecule has 0 unspecified atom stereocenters. The Morgan fingerprint density at radius 2 is 2.07 bits per heavy atom. The zero-order valence-corrected chi connectivity index (χ0v) is 9.62. The molecular weight excluding hydrogens is 217 g/mol. The molecular formula is C11H13Cl2N. The predicted octanol–water partition coefficient (Wildman–Crippen LogP) is 4.37. The van der Waals surface area contributed by atoms with Gasteiger partial charge in [0.25, 0.3) is 0 Å². The van der Waals surface area contributed by atoms with E-state index in [1.165, 1.54) is 0 Å². The molecule has 0 fully saturated rings. The summed E-state index contributed by atoms with van der Waals surface area (Å²) in [5.74, 6) is 0. The summed E-state index contributed by atoms with van der Waals surface area (Å²) >= 11 is 11.7. The Hall–Kier alpha value is -0.660. The lowest BCUT2D eigenvalue weighted by Gasteiger charge is -2.08. The zero-order valence-electron chi connectivity index (χ0n) is 8.11. The van der Waals surface area contributed by atoms with Gasteiger partial charge < -0.3 is 5.32 Å². The maximum atomic E-state index is 5.87. The summed E-state index contributed by atoms with van der Waals surface area (Å²) in [4.78, 5) is 0. The molecule has 0 saturated carbocycles. The third-order valence-corrected chi connectivity index (χ3v) is 2.70. The van der Waals surface area contributed by atoms with Gasteiger partial charge in [-0.3, -0.25) is 0 Å². The Morgan fingerprint density at radius 3 is 2.64 bits per heavy atom. The highest BCUT2D eigenvalue weighted by atomic mass is 35.5. The van der Waals surface area contributed by atoms with E-state index in [4.69, 9.17) is 23.2 Å². The Kier molecular flexibility index (Phi) is 4.30. The average molecular weight is 230 g/mol. The molecule has 1 nitrogen and oxygen atoms in total. The van der Waals surface area contributed by atoms with E-state index < -0.39 is 0 Å². The molecule has 3 heteroatoms. The van der Waals surface area contributed by atoms with Crippen LogP contribution in [0.25, 0.3) is 0 Å². The first-order valence-electron chi connectivity index (χ1n) is 4.49. The van der Waals surface area contributed by atoms with Crippen molar-refractivity contribution in [1.29, 1.82) is 0 Å². The number of halogens is 2. The van der Waals surface area contributed by atoms with Crippen LogP contribution in [0.3, 0.4) is 0 Å². The van der Waals surface area contributed by atoms with Crippen molar-refractivity contribution in [3.63, 3.8) is 0 Å².